The van der Waals surface area contributed by atoms with Gasteiger partial charge in [0.1, 0.15) is 6.17 Å². The smallest absolute Gasteiger partial charge is 0.178 e. The number of hydrogen-bond acceptors (Lipinski definition) is 2. The van der Waals surface area contributed by atoms with Gasteiger partial charge in [0.25, 0.3) is 0 Å². The van der Waals surface area contributed by atoms with Crippen molar-refractivity contribution in [1.29, 1.82) is 0 Å². The van der Waals surface area contributed by atoms with Gasteiger partial charge in [-0.1, -0.05) is 24.1 Å². The highest BCUT2D eigenvalue weighted by Gasteiger charge is 2.68. The lowest BCUT2D eigenvalue weighted by Crippen LogP contribution is -2.65. The fourth-order valence-corrected chi connectivity index (χ4v) is 5.80. The van der Waals surface area contributed by atoms with E-state index in [9.17, 15) is 14.3 Å². The maximum Gasteiger partial charge on any atom is 0.178 e. The van der Waals surface area contributed by atoms with Crippen LogP contribution in [0, 0.1) is 23.2 Å². The zero-order valence-electron chi connectivity index (χ0n) is 14.4. The molecule has 2 fully saturated rings. The third-order valence-corrected chi connectivity index (χ3v) is 7.30. The Bertz CT molecular complexity index is 706. The molecule has 130 valence electrons. The third-order valence-electron chi connectivity index (χ3n) is 7.30. The van der Waals surface area contributed by atoms with Crippen LogP contribution in [-0.2, 0) is 4.79 Å². The van der Waals surface area contributed by atoms with Crippen LogP contribution in [0.25, 0.3) is 0 Å². The summed E-state index contributed by atoms with van der Waals surface area (Å²) < 4.78 is 31.4. The van der Waals surface area contributed by atoms with E-state index in [1.807, 2.05) is 0 Å². The van der Waals surface area contributed by atoms with Gasteiger partial charge >= 0.3 is 0 Å². The van der Waals surface area contributed by atoms with E-state index in [0.717, 1.165) is 12.0 Å². The van der Waals surface area contributed by atoms with Crippen molar-refractivity contribution >= 4 is 5.78 Å². The second-order valence-electron chi connectivity index (χ2n) is 8.29. The van der Waals surface area contributed by atoms with Crippen molar-refractivity contribution in [3.8, 4) is 0 Å². The molecule has 0 amide bonds. The minimum absolute atomic E-state index is 0.00365. The number of carbonyl (C=O) groups is 1. The van der Waals surface area contributed by atoms with Gasteiger partial charge in [0.15, 0.2) is 11.5 Å². The van der Waals surface area contributed by atoms with E-state index in [1.54, 1.807) is 6.92 Å². The molecule has 4 aliphatic rings. The Morgan fingerprint density at radius 1 is 1.33 bits per heavy atom. The first-order valence-corrected chi connectivity index (χ1v) is 8.86. The van der Waals surface area contributed by atoms with Crippen LogP contribution < -0.4 is 0 Å². The van der Waals surface area contributed by atoms with E-state index < -0.39 is 29.3 Å². The van der Waals surface area contributed by atoms with Crippen molar-refractivity contribution in [2.45, 2.75) is 58.0 Å². The molecule has 0 heterocycles. The number of ketones is 1. The second kappa shape index (κ2) is 4.87. The Morgan fingerprint density at radius 3 is 2.75 bits per heavy atom. The summed E-state index contributed by atoms with van der Waals surface area (Å²) in [5, 5.41) is 10.8. The molecule has 2 nitrogen and oxygen atoms in total. The first-order valence-electron chi connectivity index (χ1n) is 8.86. The summed E-state index contributed by atoms with van der Waals surface area (Å²) in [4.78, 5) is 11.7. The van der Waals surface area contributed by atoms with Crippen molar-refractivity contribution in [3.05, 3.63) is 34.9 Å². The SMILES string of the molecule is CC1=C2C[C@H](O)[C@@]3(F)[C@@H](C[C@H](F)C4=CC(=O)C=C[C@@]43C)[C@@H]2C[C@H]1C. The maximum atomic E-state index is 16.5. The van der Waals surface area contributed by atoms with E-state index in [1.165, 1.54) is 23.8 Å². The maximum absolute atomic E-state index is 16.5. The highest BCUT2D eigenvalue weighted by molar-refractivity contribution is 6.01. The summed E-state index contributed by atoms with van der Waals surface area (Å²) in [5.41, 5.74) is -0.627. The molecule has 0 aromatic carbocycles. The summed E-state index contributed by atoms with van der Waals surface area (Å²) in [6.07, 6.45) is 2.73. The van der Waals surface area contributed by atoms with Crippen molar-refractivity contribution in [2.75, 3.05) is 0 Å². The van der Waals surface area contributed by atoms with E-state index in [-0.39, 0.29) is 23.7 Å². The highest BCUT2D eigenvalue weighted by atomic mass is 19.1. The van der Waals surface area contributed by atoms with E-state index >= 15 is 4.39 Å². The molecular formula is C20H24F2O2. The Morgan fingerprint density at radius 2 is 2.04 bits per heavy atom. The van der Waals surface area contributed by atoms with Crippen LogP contribution in [0.5, 0.6) is 0 Å². The second-order valence-corrected chi connectivity index (χ2v) is 8.29. The Kier molecular flexibility index (Phi) is 3.29. The van der Waals surface area contributed by atoms with Crippen LogP contribution in [0.3, 0.4) is 0 Å². The molecular weight excluding hydrogens is 310 g/mol. The van der Waals surface area contributed by atoms with Crippen molar-refractivity contribution in [3.63, 3.8) is 0 Å². The first kappa shape index (κ1) is 16.2. The summed E-state index contributed by atoms with van der Waals surface area (Å²) in [6, 6.07) is 0. The number of rotatable bonds is 0. The van der Waals surface area contributed by atoms with E-state index in [0.29, 0.717) is 12.3 Å². The topological polar surface area (TPSA) is 37.3 Å². The number of aliphatic hydroxyl groups is 1. The largest absolute Gasteiger partial charge is 0.389 e. The van der Waals surface area contributed by atoms with Gasteiger partial charge in [0, 0.05) is 11.3 Å². The Labute approximate surface area is 141 Å². The predicted octanol–water partition coefficient (Wildman–Crippen LogP) is 3.86. The fraction of sp³-hybridized carbons (Fsp3) is 0.650. The molecule has 7 atom stereocenters. The van der Waals surface area contributed by atoms with Gasteiger partial charge < -0.3 is 5.11 Å². The van der Waals surface area contributed by atoms with Gasteiger partial charge in [-0.3, -0.25) is 4.79 Å². The summed E-state index contributed by atoms with van der Waals surface area (Å²) in [7, 11) is 0. The number of carbonyl (C=O) groups excluding carboxylic acids is 1. The van der Waals surface area contributed by atoms with Gasteiger partial charge in [-0.05, 0) is 62.7 Å². The summed E-state index contributed by atoms with van der Waals surface area (Å²) >= 11 is 0. The fourth-order valence-electron chi connectivity index (χ4n) is 5.80. The minimum atomic E-state index is -1.93. The molecule has 0 aromatic heterocycles. The quantitative estimate of drug-likeness (QED) is 0.683. The predicted molar refractivity (Wildman–Crippen MR) is 87.8 cm³/mol. The number of halogens is 2. The molecule has 0 saturated heterocycles. The Balaban J connectivity index is 1.87. The van der Waals surface area contributed by atoms with Gasteiger partial charge in [0.05, 0.1) is 6.10 Å². The van der Waals surface area contributed by atoms with Gasteiger partial charge in [-0.15, -0.1) is 0 Å². The first-order chi connectivity index (χ1) is 11.2. The average molecular weight is 334 g/mol. The van der Waals surface area contributed by atoms with Crippen molar-refractivity contribution < 1.29 is 18.7 Å². The van der Waals surface area contributed by atoms with Gasteiger partial charge in [-0.2, -0.15) is 0 Å². The molecule has 4 heteroatoms. The number of alkyl halides is 2. The molecule has 24 heavy (non-hydrogen) atoms. The standard InChI is InChI=1S/C20H24F2O2/c1-10-6-14-13(11(10)2)8-18(24)20(22)15(14)9-17(21)16-7-12(23)4-5-19(16,20)3/h4-5,7,10,14-15,17-18,24H,6,8-9H2,1-3H3/t10-,14-,15+,17+,18+,19+,20+/m1/s1. The number of hydrogen-bond donors (Lipinski definition) is 1. The van der Waals surface area contributed by atoms with Crippen LogP contribution in [0.1, 0.15) is 40.0 Å². The lowest BCUT2D eigenvalue weighted by Gasteiger charge is -2.59. The molecule has 2 saturated carbocycles. The van der Waals surface area contributed by atoms with Crippen LogP contribution >= 0.6 is 0 Å². The molecule has 0 bridgehead atoms. The zero-order valence-corrected chi connectivity index (χ0v) is 14.4. The molecule has 0 aliphatic heterocycles. The monoisotopic (exact) mass is 334 g/mol. The van der Waals surface area contributed by atoms with Crippen LogP contribution in [-0.4, -0.2) is 28.8 Å². The number of aliphatic hydroxyl groups excluding tert-OH is 1. The van der Waals surface area contributed by atoms with Gasteiger partial charge in [0.2, 0.25) is 0 Å². The average Bonchev–Trinajstić information content (AvgIpc) is 2.80. The highest BCUT2D eigenvalue weighted by Crippen LogP contribution is 2.65. The van der Waals surface area contributed by atoms with Crippen molar-refractivity contribution in [1.82, 2.24) is 0 Å². The zero-order chi connectivity index (χ0) is 17.4. The van der Waals surface area contributed by atoms with Crippen LogP contribution in [0.2, 0.25) is 0 Å². The molecule has 0 aromatic rings. The molecule has 0 unspecified atom stereocenters. The molecule has 4 aliphatic carbocycles. The van der Waals surface area contributed by atoms with Crippen molar-refractivity contribution in [2.24, 2.45) is 23.2 Å². The van der Waals surface area contributed by atoms with E-state index in [4.69, 9.17) is 0 Å². The third kappa shape index (κ3) is 1.75. The molecule has 4 rings (SSSR count). The van der Waals surface area contributed by atoms with Crippen LogP contribution in [0.4, 0.5) is 8.78 Å². The minimum Gasteiger partial charge on any atom is -0.389 e. The van der Waals surface area contributed by atoms with Gasteiger partial charge in [-0.25, -0.2) is 8.78 Å². The normalized spacial score (nSPS) is 50.3. The summed E-state index contributed by atoms with van der Waals surface area (Å²) in [5.74, 6) is -0.503. The lowest BCUT2D eigenvalue weighted by atomic mass is 9.48. The molecule has 0 radical (unpaired) electrons. The molecule has 1 N–H and O–H groups in total. The molecule has 0 spiro atoms. The van der Waals surface area contributed by atoms with E-state index in [2.05, 4.69) is 13.8 Å². The Hall–Kier alpha value is -1.29. The number of allylic oxidation sites excluding steroid dienone is 5. The lowest BCUT2D eigenvalue weighted by molar-refractivity contribution is -0.153. The summed E-state index contributed by atoms with van der Waals surface area (Å²) in [6.45, 7) is 5.82. The number of fused-ring (bicyclic) bond motifs is 5. The van der Waals surface area contributed by atoms with Crippen LogP contribution in [0.15, 0.2) is 34.9 Å².